The van der Waals surface area contributed by atoms with Gasteiger partial charge in [0.2, 0.25) is 0 Å². The van der Waals surface area contributed by atoms with Crippen LogP contribution >= 0.6 is 0 Å². The predicted octanol–water partition coefficient (Wildman–Crippen LogP) is 4.65. The molecule has 3 heteroatoms. The normalized spacial score (nSPS) is 13.3. The maximum absolute atomic E-state index is 5.29. The minimum atomic E-state index is 0.841. The van der Waals surface area contributed by atoms with E-state index in [0.29, 0.717) is 0 Å². The van der Waals surface area contributed by atoms with Crippen molar-refractivity contribution in [3.8, 4) is 12.3 Å². The van der Waals surface area contributed by atoms with Crippen LogP contribution in [0.25, 0.3) is 0 Å². The third-order valence-electron chi connectivity index (χ3n) is 4.28. The molecule has 0 spiro atoms. The topological polar surface area (TPSA) is 19.4 Å². The van der Waals surface area contributed by atoms with E-state index in [4.69, 9.17) is 6.42 Å². The van der Waals surface area contributed by atoms with Gasteiger partial charge >= 0.3 is 0 Å². The smallest absolute Gasteiger partial charge is 0.128 e. The molecule has 0 amide bonds. The zero-order valence-corrected chi connectivity index (χ0v) is 17.1. The Hall–Kier alpha value is -2.57. The van der Waals surface area contributed by atoms with Crippen molar-refractivity contribution < 1.29 is 0 Å². The van der Waals surface area contributed by atoms with Gasteiger partial charge in [0.25, 0.3) is 0 Å². The van der Waals surface area contributed by atoms with Gasteiger partial charge in [-0.3, -0.25) is 0 Å². The summed E-state index contributed by atoms with van der Waals surface area (Å²) in [5.74, 6) is 3.60. The predicted molar refractivity (Wildman–Crippen MR) is 118 cm³/mol. The molecule has 1 aromatic carbocycles. The Balaban J connectivity index is 0.000000254. The fourth-order valence-electron chi connectivity index (χ4n) is 2.41. The molecule has 1 aromatic heterocycles. The molecule has 3 rings (SSSR count). The van der Waals surface area contributed by atoms with E-state index in [1.165, 1.54) is 5.56 Å². The number of benzene rings is 1. The Morgan fingerprint density at radius 3 is 2.11 bits per heavy atom. The molecule has 2 aromatic rings. The van der Waals surface area contributed by atoms with Crippen LogP contribution < -0.4 is 4.90 Å². The summed E-state index contributed by atoms with van der Waals surface area (Å²) in [5.41, 5.74) is 2.25. The summed E-state index contributed by atoms with van der Waals surface area (Å²) in [5, 5.41) is 0. The first kappa shape index (κ1) is 22.5. The molecule has 1 aliphatic heterocycles. The molecule has 0 radical (unpaired) electrons. The minimum Gasteiger partial charge on any atom is -0.354 e. The van der Waals surface area contributed by atoms with Crippen molar-refractivity contribution in [2.75, 3.05) is 38.1 Å². The van der Waals surface area contributed by atoms with Gasteiger partial charge in [-0.15, -0.1) is 13.0 Å². The minimum absolute atomic E-state index is 0.841. The molecule has 1 saturated heterocycles. The zero-order valence-electron chi connectivity index (χ0n) is 17.1. The maximum atomic E-state index is 5.29. The standard InChI is InChI=1S/C12H15N3.C8H10.C4H8/c1-3-11-4-5-12(13-10-11)15-8-6-14(2)7-9-15;1-2-8-6-4-3-5-7-8;1-3-4-2/h1,4-5,10H,6-9H2,2H3;3-7H,2H2,1H3;3H,1,4H2,2H3. The van der Waals surface area contributed by atoms with E-state index in [1.54, 1.807) is 6.20 Å². The van der Waals surface area contributed by atoms with Gasteiger partial charge in [-0.05, 0) is 37.6 Å². The molecule has 2 heterocycles. The van der Waals surface area contributed by atoms with Crippen molar-refractivity contribution in [3.63, 3.8) is 0 Å². The molecular weight excluding hydrogens is 330 g/mol. The molecule has 0 unspecified atom stereocenters. The first-order valence-corrected chi connectivity index (χ1v) is 9.65. The van der Waals surface area contributed by atoms with E-state index >= 15 is 0 Å². The molecule has 0 aliphatic carbocycles. The van der Waals surface area contributed by atoms with Crippen LogP contribution in [-0.2, 0) is 6.42 Å². The highest BCUT2D eigenvalue weighted by atomic mass is 15.3. The van der Waals surface area contributed by atoms with Crippen molar-refractivity contribution in [2.24, 2.45) is 0 Å². The van der Waals surface area contributed by atoms with Gasteiger partial charge in [0.05, 0.1) is 0 Å². The highest BCUT2D eigenvalue weighted by molar-refractivity contribution is 5.43. The van der Waals surface area contributed by atoms with E-state index in [2.05, 4.69) is 72.4 Å². The third-order valence-corrected chi connectivity index (χ3v) is 4.28. The van der Waals surface area contributed by atoms with Crippen molar-refractivity contribution in [2.45, 2.75) is 26.7 Å². The van der Waals surface area contributed by atoms with E-state index in [9.17, 15) is 0 Å². The third kappa shape index (κ3) is 9.08. The number of rotatable bonds is 3. The summed E-state index contributed by atoms with van der Waals surface area (Å²) < 4.78 is 0. The van der Waals surface area contributed by atoms with Crippen LogP contribution in [0, 0.1) is 12.3 Å². The van der Waals surface area contributed by atoms with E-state index in [1.807, 2.05) is 24.3 Å². The van der Waals surface area contributed by atoms with Gasteiger partial charge in [-0.25, -0.2) is 4.98 Å². The fraction of sp³-hybridized carbons (Fsp3) is 0.375. The van der Waals surface area contributed by atoms with Crippen LogP contribution in [0.2, 0.25) is 0 Å². The molecule has 0 N–H and O–H groups in total. The molecule has 144 valence electrons. The zero-order chi connectivity index (χ0) is 19.9. The Morgan fingerprint density at radius 1 is 1.07 bits per heavy atom. The molecule has 27 heavy (non-hydrogen) atoms. The summed E-state index contributed by atoms with van der Waals surface area (Å²) in [7, 11) is 2.15. The van der Waals surface area contributed by atoms with Crippen LogP contribution in [0.1, 0.15) is 31.4 Å². The number of nitrogens with zero attached hydrogens (tertiary/aromatic N) is 3. The lowest BCUT2D eigenvalue weighted by Gasteiger charge is -2.33. The number of likely N-dealkylation sites (N-methyl/N-ethyl adjacent to an activating group) is 1. The van der Waals surface area contributed by atoms with Gasteiger partial charge in [-0.1, -0.05) is 56.2 Å². The molecule has 0 saturated carbocycles. The average molecular weight is 364 g/mol. The monoisotopic (exact) mass is 363 g/mol. The largest absolute Gasteiger partial charge is 0.354 e. The summed E-state index contributed by atoms with van der Waals surface area (Å²) in [6.07, 6.45) is 11.1. The fourth-order valence-corrected chi connectivity index (χ4v) is 2.41. The quantitative estimate of drug-likeness (QED) is 0.585. The molecule has 1 fully saturated rings. The van der Waals surface area contributed by atoms with Crippen molar-refractivity contribution >= 4 is 5.82 Å². The first-order chi connectivity index (χ1) is 13.1. The van der Waals surface area contributed by atoms with Gasteiger partial charge in [0, 0.05) is 37.9 Å². The number of hydrogen-bond acceptors (Lipinski definition) is 3. The lowest BCUT2D eigenvalue weighted by Crippen LogP contribution is -2.44. The number of anilines is 1. The Labute approximate surface area is 165 Å². The number of aromatic nitrogens is 1. The number of aryl methyl sites for hydroxylation is 1. The summed E-state index contributed by atoms with van der Waals surface area (Å²) >= 11 is 0. The van der Waals surface area contributed by atoms with Gasteiger partial charge in [0.1, 0.15) is 5.82 Å². The van der Waals surface area contributed by atoms with Crippen LogP contribution in [0.4, 0.5) is 5.82 Å². The van der Waals surface area contributed by atoms with Crippen LogP contribution in [0.3, 0.4) is 0 Å². The number of piperazine rings is 1. The second-order valence-corrected chi connectivity index (χ2v) is 6.38. The molecule has 0 atom stereocenters. The van der Waals surface area contributed by atoms with Gasteiger partial charge in [0.15, 0.2) is 0 Å². The van der Waals surface area contributed by atoms with Crippen molar-refractivity contribution in [1.29, 1.82) is 0 Å². The Kier molecular flexibility index (Phi) is 11.3. The average Bonchev–Trinajstić information content (AvgIpc) is 2.75. The molecular formula is C24H33N3. The molecule has 0 bridgehead atoms. The number of allylic oxidation sites excluding steroid dienone is 1. The first-order valence-electron chi connectivity index (χ1n) is 9.65. The van der Waals surface area contributed by atoms with Crippen LogP contribution in [0.15, 0.2) is 61.3 Å². The highest BCUT2D eigenvalue weighted by Gasteiger charge is 2.14. The summed E-state index contributed by atoms with van der Waals surface area (Å²) in [4.78, 5) is 8.98. The van der Waals surface area contributed by atoms with Crippen molar-refractivity contribution in [1.82, 2.24) is 9.88 Å². The molecule has 1 aliphatic rings. The second-order valence-electron chi connectivity index (χ2n) is 6.38. The van der Waals surface area contributed by atoms with E-state index in [-0.39, 0.29) is 0 Å². The Morgan fingerprint density at radius 2 is 1.70 bits per heavy atom. The lowest BCUT2D eigenvalue weighted by molar-refractivity contribution is 0.312. The highest BCUT2D eigenvalue weighted by Crippen LogP contribution is 2.12. The van der Waals surface area contributed by atoms with Crippen LogP contribution in [-0.4, -0.2) is 43.1 Å². The van der Waals surface area contributed by atoms with Crippen molar-refractivity contribution in [3.05, 3.63) is 72.4 Å². The molecule has 3 nitrogen and oxygen atoms in total. The Bertz CT molecular complexity index is 663. The lowest BCUT2D eigenvalue weighted by atomic mass is 10.2. The van der Waals surface area contributed by atoms with Gasteiger partial charge in [-0.2, -0.15) is 0 Å². The number of terminal acetylenes is 1. The summed E-state index contributed by atoms with van der Waals surface area (Å²) in [6.45, 7) is 12.0. The maximum Gasteiger partial charge on any atom is 0.128 e. The SMILES string of the molecule is C#Cc1ccc(N2CCN(C)CC2)nc1.C=CCC.CCc1ccccc1. The number of hydrogen-bond donors (Lipinski definition) is 0. The van der Waals surface area contributed by atoms with Gasteiger partial charge < -0.3 is 9.80 Å². The van der Waals surface area contributed by atoms with E-state index < -0.39 is 0 Å². The summed E-state index contributed by atoms with van der Waals surface area (Å²) in [6, 6.07) is 14.4. The second kappa shape index (κ2) is 13.6. The van der Waals surface area contributed by atoms with Crippen LogP contribution in [0.5, 0.6) is 0 Å². The van der Waals surface area contributed by atoms with E-state index in [0.717, 1.165) is 50.4 Å². The number of pyridine rings is 1.